The predicted octanol–water partition coefficient (Wildman–Crippen LogP) is 8.62. The van der Waals surface area contributed by atoms with Gasteiger partial charge >= 0.3 is 5.97 Å². The number of imidazole rings is 1. The van der Waals surface area contributed by atoms with Crippen LogP contribution in [0.4, 0.5) is 8.78 Å². The summed E-state index contributed by atoms with van der Waals surface area (Å²) >= 11 is 1.30. The Morgan fingerprint density at radius 2 is 1.73 bits per heavy atom. The number of ether oxygens (including phenoxy) is 1. The van der Waals surface area contributed by atoms with Gasteiger partial charge in [0.05, 0.1) is 27.0 Å². The van der Waals surface area contributed by atoms with E-state index in [-0.39, 0.29) is 42.3 Å². The second-order valence-corrected chi connectivity index (χ2v) is 12.3. The minimum absolute atomic E-state index is 0. The number of rotatable bonds is 8. The topological polar surface area (TPSA) is 84.7 Å². The van der Waals surface area contributed by atoms with Crippen molar-refractivity contribution in [3.05, 3.63) is 94.4 Å². The highest BCUT2D eigenvalue weighted by Crippen LogP contribution is 2.38. The van der Waals surface area contributed by atoms with E-state index in [9.17, 15) is 19.1 Å². The molecular weight excluding hydrogens is 620 g/mol. The molecule has 2 heterocycles. The zero-order chi connectivity index (χ0) is 31.0. The summed E-state index contributed by atoms with van der Waals surface area (Å²) in [7, 11) is 3.35. The molecule has 0 spiro atoms. The number of benzene rings is 3. The molecule has 2 aromatic heterocycles. The molecule has 0 unspecified atom stereocenters. The molecule has 5 aromatic rings. The Balaban J connectivity index is 0.00000400. The fourth-order valence-electron chi connectivity index (χ4n) is 5.77. The number of carboxylic acid groups (broad SMARTS) is 1. The highest BCUT2D eigenvalue weighted by atomic mass is 35.5. The monoisotopic (exact) mass is 651 g/mol. The lowest BCUT2D eigenvalue weighted by Gasteiger charge is -2.25. The molecule has 0 aliphatic heterocycles. The van der Waals surface area contributed by atoms with Crippen molar-refractivity contribution in [2.24, 2.45) is 0 Å². The van der Waals surface area contributed by atoms with E-state index in [0.29, 0.717) is 27.5 Å². The van der Waals surface area contributed by atoms with Crippen molar-refractivity contribution < 1.29 is 28.2 Å². The first-order valence-electron chi connectivity index (χ1n) is 14.5. The third-order valence-electron chi connectivity index (χ3n) is 7.98. The van der Waals surface area contributed by atoms with Gasteiger partial charge in [0.2, 0.25) is 0 Å². The van der Waals surface area contributed by atoms with E-state index in [0.717, 1.165) is 53.6 Å². The van der Waals surface area contributed by atoms with Gasteiger partial charge in [-0.2, -0.15) is 0 Å². The average molecular weight is 652 g/mol. The van der Waals surface area contributed by atoms with E-state index >= 15 is 4.39 Å². The predicted molar refractivity (Wildman–Crippen MR) is 174 cm³/mol. The maximum absolute atomic E-state index is 15.8. The summed E-state index contributed by atoms with van der Waals surface area (Å²) in [6.07, 6.45) is 5.17. The second kappa shape index (κ2) is 13.4. The number of amides is 1. The zero-order valence-electron chi connectivity index (χ0n) is 24.8. The van der Waals surface area contributed by atoms with Gasteiger partial charge in [0.15, 0.2) is 0 Å². The van der Waals surface area contributed by atoms with Gasteiger partial charge in [-0.3, -0.25) is 4.79 Å². The highest BCUT2D eigenvalue weighted by Gasteiger charge is 2.25. The average Bonchev–Trinajstić information content (AvgIpc) is 3.62. The van der Waals surface area contributed by atoms with E-state index < -0.39 is 11.8 Å². The molecule has 1 saturated carbocycles. The van der Waals surface area contributed by atoms with Gasteiger partial charge < -0.3 is 19.3 Å². The largest absolute Gasteiger partial charge is 0.489 e. The maximum atomic E-state index is 15.8. The van der Waals surface area contributed by atoms with E-state index in [1.807, 2.05) is 0 Å². The van der Waals surface area contributed by atoms with Crippen molar-refractivity contribution in [2.75, 3.05) is 14.1 Å². The van der Waals surface area contributed by atoms with Crippen molar-refractivity contribution in [1.29, 1.82) is 0 Å². The Kier molecular flexibility index (Phi) is 9.55. The number of aromatic carboxylic acids is 1. The summed E-state index contributed by atoms with van der Waals surface area (Å²) in [6, 6.07) is 17.4. The van der Waals surface area contributed by atoms with Gasteiger partial charge in [0.25, 0.3) is 5.91 Å². The van der Waals surface area contributed by atoms with Gasteiger partial charge in [-0.05, 0) is 66.9 Å². The molecule has 1 fully saturated rings. The normalized spacial score (nSPS) is 13.4. The lowest BCUT2D eigenvalue weighted by atomic mass is 9.94. The van der Waals surface area contributed by atoms with Crippen molar-refractivity contribution in [2.45, 2.75) is 44.8 Å². The smallest absolute Gasteiger partial charge is 0.335 e. The molecule has 0 atom stereocenters. The molecule has 1 N–H and O–H groups in total. The Labute approximate surface area is 269 Å². The first-order valence-corrected chi connectivity index (χ1v) is 15.3. The van der Waals surface area contributed by atoms with E-state index in [2.05, 4.69) is 4.57 Å². The van der Waals surface area contributed by atoms with Crippen LogP contribution in [0.3, 0.4) is 0 Å². The van der Waals surface area contributed by atoms with Crippen LogP contribution in [0.5, 0.6) is 5.75 Å². The van der Waals surface area contributed by atoms with Crippen LogP contribution in [-0.2, 0) is 6.61 Å². The van der Waals surface area contributed by atoms with E-state index in [4.69, 9.17) is 9.72 Å². The van der Waals surface area contributed by atoms with Crippen LogP contribution in [0.2, 0.25) is 0 Å². The number of thiophene rings is 1. The molecule has 11 heteroatoms. The number of carbonyl (C=O) groups excluding carboxylic acids is 1. The number of halogens is 3. The van der Waals surface area contributed by atoms with Crippen LogP contribution < -0.4 is 4.74 Å². The summed E-state index contributed by atoms with van der Waals surface area (Å²) < 4.78 is 37.5. The van der Waals surface area contributed by atoms with Gasteiger partial charge in [-0.1, -0.05) is 31.4 Å². The molecule has 7 nitrogen and oxygen atoms in total. The highest BCUT2D eigenvalue weighted by molar-refractivity contribution is 7.17. The van der Waals surface area contributed by atoms with Gasteiger partial charge in [0.1, 0.15) is 29.8 Å². The third-order valence-corrected chi connectivity index (χ3v) is 9.20. The molecule has 1 aliphatic rings. The van der Waals surface area contributed by atoms with Crippen LogP contribution in [0.25, 0.3) is 32.9 Å². The number of nitrogens with zero attached hydrogens (tertiary/aromatic N) is 3. The lowest BCUT2D eigenvalue weighted by molar-refractivity contribution is 0.0696. The van der Waals surface area contributed by atoms with Crippen LogP contribution in [0, 0.1) is 11.6 Å². The molecule has 1 aliphatic carbocycles. The summed E-state index contributed by atoms with van der Waals surface area (Å²) in [6.45, 7) is 0.0707. The Morgan fingerprint density at radius 1 is 1.00 bits per heavy atom. The van der Waals surface area contributed by atoms with Crippen molar-refractivity contribution in [3.63, 3.8) is 0 Å². The number of fused-ring (bicyclic) bond motifs is 1. The van der Waals surface area contributed by atoms with Crippen LogP contribution in [0.15, 0.2) is 66.7 Å². The van der Waals surface area contributed by atoms with Crippen molar-refractivity contribution in [1.82, 2.24) is 14.5 Å². The molecule has 45 heavy (non-hydrogen) atoms. The molecule has 1 amide bonds. The molecule has 234 valence electrons. The van der Waals surface area contributed by atoms with Crippen LogP contribution >= 0.6 is 23.7 Å². The number of carboxylic acids is 1. The van der Waals surface area contributed by atoms with Gasteiger partial charge in [-0.25, -0.2) is 18.6 Å². The minimum Gasteiger partial charge on any atom is -0.489 e. The molecule has 0 radical (unpaired) electrons. The molecular formula is C34H32ClF2N3O4S. The van der Waals surface area contributed by atoms with Gasteiger partial charge in [-0.15, -0.1) is 23.7 Å². The molecule has 0 saturated heterocycles. The SMILES string of the molecule is CN(C)C(=O)c1cc(COc2ccc(-c3nc4cc(C(=O)O)ccc4n3C3CCCCC3)c(F)c2)c(-c2ccc(F)cc2)s1.Cl. The Morgan fingerprint density at radius 3 is 2.40 bits per heavy atom. The van der Waals surface area contributed by atoms with Crippen molar-refractivity contribution in [3.8, 4) is 27.6 Å². The number of hydrogen-bond acceptors (Lipinski definition) is 5. The number of carbonyl (C=O) groups is 2. The summed E-state index contributed by atoms with van der Waals surface area (Å²) in [5, 5.41) is 9.50. The maximum Gasteiger partial charge on any atom is 0.335 e. The minimum atomic E-state index is -1.04. The Hall–Kier alpha value is -4.28. The third kappa shape index (κ3) is 6.57. The van der Waals surface area contributed by atoms with Gasteiger partial charge in [0, 0.05) is 36.6 Å². The molecule has 0 bridgehead atoms. The first-order chi connectivity index (χ1) is 21.2. The van der Waals surface area contributed by atoms with Crippen molar-refractivity contribution >= 4 is 46.7 Å². The zero-order valence-corrected chi connectivity index (χ0v) is 26.4. The summed E-state index contributed by atoms with van der Waals surface area (Å²) in [4.78, 5) is 31.8. The summed E-state index contributed by atoms with van der Waals surface area (Å²) in [5.74, 6) is -1.31. The first kappa shape index (κ1) is 32.1. The summed E-state index contributed by atoms with van der Waals surface area (Å²) in [5.41, 5.74) is 3.21. The lowest BCUT2D eigenvalue weighted by Crippen LogP contribution is -2.20. The van der Waals surface area contributed by atoms with Crippen LogP contribution in [-0.4, -0.2) is 45.5 Å². The van der Waals surface area contributed by atoms with E-state index in [1.165, 1.54) is 40.5 Å². The van der Waals surface area contributed by atoms with E-state index in [1.54, 1.807) is 56.6 Å². The molecule has 3 aromatic carbocycles. The Bertz CT molecular complexity index is 1860. The standard InChI is InChI=1S/C34H31F2N3O4S.ClH/c1-38(2)33(40)30-17-22(31(44-30)20-8-11-23(35)12-9-20)19-43-25-13-14-26(27(36)18-25)32-37-28-16-21(34(41)42)10-15-29(28)39(32)24-6-4-3-5-7-24;/h8-18,24H,3-7,19H2,1-2H3,(H,41,42);1H. The molecule has 6 rings (SSSR count). The number of hydrogen-bond donors (Lipinski definition) is 1. The second-order valence-electron chi connectivity index (χ2n) is 11.2. The van der Waals surface area contributed by atoms with Crippen LogP contribution in [0.1, 0.15) is 63.7 Å². The quantitative estimate of drug-likeness (QED) is 0.182. The number of aromatic nitrogens is 2. The fourth-order valence-corrected chi connectivity index (χ4v) is 6.96. The fraction of sp³-hybridized carbons (Fsp3) is 0.265.